The Morgan fingerprint density at radius 2 is 1.37 bits per heavy atom. The van der Waals surface area contributed by atoms with Gasteiger partial charge in [-0.1, -0.05) is 36.4 Å². The van der Waals surface area contributed by atoms with E-state index in [1.807, 2.05) is 48.5 Å². The fourth-order valence-electron chi connectivity index (χ4n) is 5.11. The standard InChI is InChI=1S/C35H37IN6O7S2/c1-23(37-35(43)44)22-50-31-18-17-30(36)32(34-38-40-42(39-34)21-26-9-15-29(49-4)16-10-26)33(31)51(45,46)41(19-24-5-11-27(47-2)12-6-24)20-25-7-13-28(48-3)14-8-25/h5-18,23,37H,19-22H2,1-4H3,(H,43,44). The minimum Gasteiger partial charge on any atom is -0.497 e. The number of hydrogen-bond acceptors (Lipinski definition) is 10. The number of carboxylic acid groups (broad SMARTS) is 1. The Kier molecular flexibility index (Phi) is 12.8. The number of nitrogens with one attached hydrogen (secondary N) is 1. The number of halogens is 1. The van der Waals surface area contributed by atoms with Gasteiger partial charge in [0.05, 0.1) is 33.4 Å². The molecule has 0 aliphatic carbocycles. The molecule has 1 heterocycles. The van der Waals surface area contributed by atoms with Gasteiger partial charge in [0.1, 0.15) is 22.1 Å². The van der Waals surface area contributed by atoms with E-state index in [0.29, 0.717) is 37.8 Å². The highest BCUT2D eigenvalue weighted by atomic mass is 127. The minimum atomic E-state index is -4.31. The lowest BCUT2D eigenvalue weighted by atomic mass is 10.2. The molecule has 4 aromatic carbocycles. The maximum absolute atomic E-state index is 15.2. The van der Waals surface area contributed by atoms with E-state index in [9.17, 15) is 9.90 Å². The van der Waals surface area contributed by atoms with Gasteiger partial charge in [-0.3, -0.25) is 0 Å². The first-order chi connectivity index (χ1) is 24.5. The van der Waals surface area contributed by atoms with Crippen LogP contribution in [0.4, 0.5) is 4.79 Å². The van der Waals surface area contributed by atoms with Crippen LogP contribution >= 0.6 is 34.4 Å². The molecular weight excluding hydrogens is 807 g/mol. The highest BCUT2D eigenvalue weighted by Crippen LogP contribution is 2.40. The molecular formula is C35H37IN6O7S2. The van der Waals surface area contributed by atoms with Gasteiger partial charge in [0.25, 0.3) is 0 Å². The van der Waals surface area contributed by atoms with E-state index in [1.165, 1.54) is 20.9 Å². The summed E-state index contributed by atoms with van der Waals surface area (Å²) in [5.41, 5.74) is 2.70. The number of benzene rings is 4. The summed E-state index contributed by atoms with van der Waals surface area (Å²) >= 11 is 3.32. The number of rotatable bonds is 16. The quantitative estimate of drug-likeness (QED) is 0.0867. The number of aromatic nitrogens is 4. The van der Waals surface area contributed by atoms with Crippen molar-refractivity contribution in [3.8, 4) is 28.6 Å². The number of amides is 1. The molecule has 0 aliphatic heterocycles. The maximum Gasteiger partial charge on any atom is 0.404 e. The molecule has 51 heavy (non-hydrogen) atoms. The number of tetrazole rings is 1. The fourth-order valence-corrected chi connectivity index (χ4v) is 9.07. The van der Waals surface area contributed by atoms with Gasteiger partial charge in [0.15, 0.2) is 0 Å². The molecule has 5 rings (SSSR count). The third-order valence-electron chi connectivity index (χ3n) is 7.72. The third-order valence-corrected chi connectivity index (χ3v) is 11.9. The van der Waals surface area contributed by atoms with Crippen LogP contribution in [0.25, 0.3) is 11.4 Å². The monoisotopic (exact) mass is 844 g/mol. The Balaban J connectivity index is 1.61. The summed E-state index contributed by atoms with van der Waals surface area (Å²) < 4.78 is 48.3. The Morgan fingerprint density at radius 3 is 1.86 bits per heavy atom. The number of carbonyl (C=O) groups is 1. The van der Waals surface area contributed by atoms with Crippen molar-refractivity contribution in [2.75, 3.05) is 27.1 Å². The van der Waals surface area contributed by atoms with E-state index in [2.05, 4.69) is 43.3 Å². The van der Waals surface area contributed by atoms with Crippen molar-refractivity contribution in [1.82, 2.24) is 29.8 Å². The predicted molar refractivity (Wildman–Crippen MR) is 202 cm³/mol. The molecule has 5 aromatic rings. The van der Waals surface area contributed by atoms with Crippen molar-refractivity contribution in [3.63, 3.8) is 0 Å². The molecule has 16 heteroatoms. The van der Waals surface area contributed by atoms with Gasteiger partial charge in [-0.15, -0.1) is 22.0 Å². The number of hydrogen-bond donors (Lipinski definition) is 2. The zero-order valence-electron chi connectivity index (χ0n) is 28.3. The second-order valence-electron chi connectivity index (χ2n) is 11.4. The zero-order chi connectivity index (χ0) is 36.5. The number of methoxy groups -OCH3 is 3. The van der Waals surface area contributed by atoms with Gasteiger partial charge in [0, 0.05) is 33.3 Å². The molecule has 2 N–H and O–H groups in total. The number of sulfonamides is 1. The summed E-state index contributed by atoms with van der Waals surface area (Å²) in [5.74, 6) is 2.42. The Hall–Kier alpha value is -4.39. The lowest BCUT2D eigenvalue weighted by Crippen LogP contribution is -2.33. The smallest absolute Gasteiger partial charge is 0.404 e. The average molecular weight is 845 g/mol. The third kappa shape index (κ3) is 9.69. The van der Waals surface area contributed by atoms with Gasteiger partial charge in [-0.2, -0.15) is 9.10 Å². The van der Waals surface area contributed by atoms with Gasteiger partial charge in [0.2, 0.25) is 15.8 Å². The van der Waals surface area contributed by atoms with Gasteiger partial charge < -0.3 is 24.6 Å². The molecule has 0 fully saturated rings. The van der Waals surface area contributed by atoms with Crippen LogP contribution in [0.1, 0.15) is 23.6 Å². The zero-order valence-corrected chi connectivity index (χ0v) is 32.1. The van der Waals surface area contributed by atoms with Gasteiger partial charge >= 0.3 is 6.09 Å². The lowest BCUT2D eigenvalue weighted by Gasteiger charge is -2.26. The molecule has 1 amide bonds. The largest absolute Gasteiger partial charge is 0.497 e. The molecule has 0 aliphatic rings. The summed E-state index contributed by atoms with van der Waals surface area (Å²) in [4.78, 5) is 13.2. The van der Waals surface area contributed by atoms with Crippen LogP contribution in [0.15, 0.2) is 94.7 Å². The van der Waals surface area contributed by atoms with Crippen molar-refractivity contribution in [2.45, 2.75) is 42.4 Å². The molecule has 0 saturated heterocycles. The molecule has 1 atom stereocenters. The summed E-state index contributed by atoms with van der Waals surface area (Å²) in [7, 11) is 0.425. The normalized spacial score (nSPS) is 12.0. The highest BCUT2D eigenvalue weighted by Gasteiger charge is 2.34. The maximum atomic E-state index is 15.2. The number of thioether (sulfide) groups is 1. The van der Waals surface area contributed by atoms with Crippen molar-refractivity contribution in [1.29, 1.82) is 0 Å². The van der Waals surface area contributed by atoms with E-state index >= 15 is 8.42 Å². The van der Waals surface area contributed by atoms with Crippen molar-refractivity contribution in [3.05, 3.63) is 105 Å². The summed E-state index contributed by atoms with van der Waals surface area (Å²) in [5, 5.41) is 25.0. The van der Waals surface area contributed by atoms with Crippen molar-refractivity contribution >= 4 is 50.5 Å². The van der Waals surface area contributed by atoms with E-state index in [-0.39, 0.29) is 29.6 Å². The SMILES string of the molecule is COc1ccc(CN(Cc2ccc(OC)cc2)S(=O)(=O)c2c(SCC(C)NC(=O)O)ccc(I)c2-c2nnn(Cc3ccc(OC)cc3)n2)cc1. The van der Waals surface area contributed by atoms with E-state index < -0.39 is 22.2 Å². The average Bonchev–Trinajstić information content (AvgIpc) is 3.59. The summed E-state index contributed by atoms with van der Waals surface area (Å²) in [6.07, 6.45) is -1.16. The summed E-state index contributed by atoms with van der Waals surface area (Å²) in [6, 6.07) is 25.0. The van der Waals surface area contributed by atoms with Crippen LogP contribution < -0.4 is 19.5 Å². The second kappa shape index (κ2) is 17.2. The van der Waals surface area contributed by atoms with Gasteiger partial charge in [-0.25, -0.2) is 13.2 Å². The molecule has 13 nitrogen and oxygen atoms in total. The first-order valence-electron chi connectivity index (χ1n) is 15.6. The lowest BCUT2D eigenvalue weighted by molar-refractivity contribution is 0.192. The molecule has 0 bridgehead atoms. The van der Waals surface area contributed by atoms with Crippen LogP contribution in [0.2, 0.25) is 0 Å². The second-order valence-corrected chi connectivity index (χ2v) is 15.5. The Bertz CT molecular complexity index is 2000. The fraction of sp³-hybridized carbons (Fsp3) is 0.257. The topological polar surface area (TPSA) is 158 Å². The number of nitrogens with zero attached hydrogens (tertiary/aromatic N) is 5. The van der Waals surface area contributed by atoms with Crippen molar-refractivity contribution < 1.29 is 32.5 Å². The van der Waals surface area contributed by atoms with E-state index in [1.54, 1.807) is 64.7 Å². The number of ether oxygens (including phenoxy) is 3. The van der Waals surface area contributed by atoms with Gasteiger partial charge in [-0.05, 0) is 99.9 Å². The van der Waals surface area contributed by atoms with Crippen LogP contribution in [0, 0.1) is 3.57 Å². The molecule has 0 spiro atoms. The molecule has 0 radical (unpaired) electrons. The predicted octanol–water partition coefficient (Wildman–Crippen LogP) is 6.16. The van der Waals surface area contributed by atoms with E-state index in [0.717, 1.165) is 16.7 Å². The molecule has 268 valence electrons. The van der Waals surface area contributed by atoms with Crippen LogP contribution in [0.3, 0.4) is 0 Å². The van der Waals surface area contributed by atoms with Crippen LogP contribution in [-0.4, -0.2) is 77.3 Å². The Morgan fingerprint density at radius 1 is 0.863 bits per heavy atom. The first-order valence-corrected chi connectivity index (χ1v) is 19.1. The van der Waals surface area contributed by atoms with E-state index in [4.69, 9.17) is 14.2 Å². The first kappa shape index (κ1) is 37.9. The molecule has 1 unspecified atom stereocenters. The highest BCUT2D eigenvalue weighted by molar-refractivity contribution is 14.1. The van der Waals surface area contributed by atoms with Crippen LogP contribution in [-0.2, 0) is 29.7 Å². The molecule has 0 saturated carbocycles. The minimum absolute atomic E-state index is 0.00736. The van der Waals surface area contributed by atoms with Crippen LogP contribution in [0.5, 0.6) is 17.2 Å². The molecule has 1 aromatic heterocycles. The Labute approximate surface area is 314 Å². The van der Waals surface area contributed by atoms with Crippen molar-refractivity contribution in [2.24, 2.45) is 0 Å². The summed E-state index contributed by atoms with van der Waals surface area (Å²) in [6.45, 7) is 2.10.